The molecule has 3 heterocycles. The second-order valence-corrected chi connectivity index (χ2v) is 6.28. The van der Waals surface area contributed by atoms with E-state index in [-0.39, 0.29) is 0 Å². The van der Waals surface area contributed by atoms with Crippen molar-refractivity contribution >= 4 is 5.82 Å². The van der Waals surface area contributed by atoms with Crippen LogP contribution in [0.15, 0.2) is 18.7 Å². The molecule has 0 N–H and O–H groups in total. The normalized spacial score (nSPS) is 22.2. The van der Waals surface area contributed by atoms with Gasteiger partial charge in [0.25, 0.3) is 0 Å². The summed E-state index contributed by atoms with van der Waals surface area (Å²) in [5.74, 6) is 1.18. The number of fused-ring (bicyclic) bond motifs is 1. The van der Waals surface area contributed by atoms with Gasteiger partial charge >= 0.3 is 0 Å². The summed E-state index contributed by atoms with van der Waals surface area (Å²) >= 11 is 0. The van der Waals surface area contributed by atoms with Gasteiger partial charge in [-0.15, -0.1) is 5.10 Å². The van der Waals surface area contributed by atoms with Crippen LogP contribution < -0.4 is 4.90 Å². The Bertz CT molecular complexity index is 624. The summed E-state index contributed by atoms with van der Waals surface area (Å²) in [6, 6.07) is 0.463. The number of aromatic nitrogens is 5. The first-order chi connectivity index (χ1) is 10.9. The maximum Gasteiger partial charge on any atom is 0.135 e. The van der Waals surface area contributed by atoms with Gasteiger partial charge in [0.15, 0.2) is 0 Å². The monoisotopic (exact) mass is 298 g/mol. The topological polar surface area (TPSA) is 59.7 Å². The maximum absolute atomic E-state index is 4.63. The SMILES string of the molecule is c1cn(C2CCCN(c3ncnc4c3CCCC4)CC2)nn1. The maximum atomic E-state index is 4.63. The highest BCUT2D eigenvalue weighted by Crippen LogP contribution is 2.30. The molecule has 6 nitrogen and oxygen atoms in total. The van der Waals surface area contributed by atoms with Crippen LogP contribution in [0.1, 0.15) is 49.4 Å². The number of nitrogens with zero attached hydrogens (tertiary/aromatic N) is 6. The van der Waals surface area contributed by atoms with Crippen molar-refractivity contribution in [1.82, 2.24) is 25.0 Å². The first kappa shape index (κ1) is 13.7. The van der Waals surface area contributed by atoms with Crippen molar-refractivity contribution in [3.63, 3.8) is 0 Å². The molecule has 1 unspecified atom stereocenters. The van der Waals surface area contributed by atoms with Crippen molar-refractivity contribution in [2.45, 2.75) is 51.0 Å². The molecule has 1 fully saturated rings. The predicted octanol–water partition coefficient (Wildman–Crippen LogP) is 2.18. The number of rotatable bonds is 2. The van der Waals surface area contributed by atoms with E-state index in [4.69, 9.17) is 0 Å². The second kappa shape index (κ2) is 6.02. The van der Waals surface area contributed by atoms with Crippen LogP contribution in [-0.4, -0.2) is 38.1 Å². The summed E-state index contributed by atoms with van der Waals surface area (Å²) in [6.07, 6.45) is 13.7. The van der Waals surface area contributed by atoms with Crippen molar-refractivity contribution in [2.24, 2.45) is 0 Å². The molecule has 2 aromatic rings. The van der Waals surface area contributed by atoms with Crippen molar-refractivity contribution in [1.29, 1.82) is 0 Å². The molecule has 6 heteroatoms. The van der Waals surface area contributed by atoms with E-state index in [1.807, 2.05) is 10.9 Å². The summed E-state index contributed by atoms with van der Waals surface area (Å²) < 4.78 is 2.01. The zero-order valence-corrected chi connectivity index (χ0v) is 12.9. The standard InChI is InChI=1S/C16H22N6/c1-2-6-15-14(5-1)16(18-12-17-15)21-9-3-4-13(7-10-21)22-11-8-19-20-22/h8,11-13H,1-7,9-10H2. The highest BCUT2D eigenvalue weighted by Gasteiger charge is 2.23. The van der Waals surface area contributed by atoms with Crippen molar-refractivity contribution in [3.05, 3.63) is 30.0 Å². The molecule has 116 valence electrons. The van der Waals surface area contributed by atoms with E-state index in [0.29, 0.717) is 6.04 Å². The number of aryl methyl sites for hydroxylation is 1. The van der Waals surface area contributed by atoms with Crippen LogP contribution in [0.4, 0.5) is 5.82 Å². The quantitative estimate of drug-likeness (QED) is 0.850. The Labute approximate surface area is 130 Å². The van der Waals surface area contributed by atoms with Crippen molar-refractivity contribution in [3.8, 4) is 0 Å². The van der Waals surface area contributed by atoms with Gasteiger partial charge in [-0.25, -0.2) is 14.6 Å². The lowest BCUT2D eigenvalue weighted by molar-refractivity contribution is 0.406. The van der Waals surface area contributed by atoms with Gasteiger partial charge in [0.05, 0.1) is 12.2 Å². The van der Waals surface area contributed by atoms with Crippen LogP contribution in [0.5, 0.6) is 0 Å². The molecule has 22 heavy (non-hydrogen) atoms. The Morgan fingerprint density at radius 2 is 1.95 bits per heavy atom. The molecule has 1 atom stereocenters. The minimum absolute atomic E-state index is 0.463. The van der Waals surface area contributed by atoms with Crippen LogP contribution in [0, 0.1) is 0 Å². The van der Waals surface area contributed by atoms with E-state index in [9.17, 15) is 0 Å². The van der Waals surface area contributed by atoms with E-state index in [2.05, 4.69) is 25.2 Å². The minimum Gasteiger partial charge on any atom is -0.356 e. The van der Waals surface area contributed by atoms with Crippen molar-refractivity contribution < 1.29 is 0 Å². The van der Waals surface area contributed by atoms with Gasteiger partial charge in [0, 0.05) is 30.5 Å². The van der Waals surface area contributed by atoms with E-state index >= 15 is 0 Å². The largest absolute Gasteiger partial charge is 0.356 e. The molecule has 0 spiro atoms. The minimum atomic E-state index is 0.463. The first-order valence-electron chi connectivity index (χ1n) is 8.35. The fourth-order valence-electron chi connectivity index (χ4n) is 3.74. The van der Waals surface area contributed by atoms with E-state index in [0.717, 1.165) is 38.8 Å². The summed E-state index contributed by atoms with van der Waals surface area (Å²) in [5, 5.41) is 8.11. The van der Waals surface area contributed by atoms with Crippen molar-refractivity contribution in [2.75, 3.05) is 18.0 Å². The molecule has 4 rings (SSSR count). The summed E-state index contributed by atoms with van der Waals surface area (Å²) in [4.78, 5) is 11.6. The molecule has 2 aromatic heterocycles. The molecule has 1 aliphatic heterocycles. The molecule has 1 saturated heterocycles. The molecule has 0 amide bonds. The van der Waals surface area contributed by atoms with Gasteiger partial charge in [-0.2, -0.15) is 0 Å². The van der Waals surface area contributed by atoms with Gasteiger partial charge in [-0.05, 0) is 44.9 Å². The summed E-state index contributed by atoms with van der Waals surface area (Å²) in [7, 11) is 0. The van der Waals surface area contributed by atoms with Gasteiger partial charge in [-0.3, -0.25) is 0 Å². The molecule has 0 radical (unpaired) electrons. The summed E-state index contributed by atoms with van der Waals surface area (Å²) in [5.41, 5.74) is 2.67. The fourth-order valence-corrected chi connectivity index (χ4v) is 3.74. The molecule has 2 aliphatic rings. The molecular formula is C16H22N6. The number of anilines is 1. The van der Waals surface area contributed by atoms with Gasteiger partial charge in [-0.1, -0.05) is 5.21 Å². The highest BCUT2D eigenvalue weighted by molar-refractivity contribution is 5.49. The number of hydrogen-bond donors (Lipinski definition) is 0. The van der Waals surface area contributed by atoms with E-state index in [1.165, 1.54) is 36.3 Å². The van der Waals surface area contributed by atoms with Gasteiger partial charge < -0.3 is 4.90 Å². The first-order valence-corrected chi connectivity index (χ1v) is 8.35. The third-order valence-electron chi connectivity index (χ3n) is 4.91. The third-order valence-corrected chi connectivity index (χ3v) is 4.91. The predicted molar refractivity (Wildman–Crippen MR) is 83.8 cm³/mol. The third kappa shape index (κ3) is 2.58. The Morgan fingerprint density at radius 3 is 2.86 bits per heavy atom. The Kier molecular flexibility index (Phi) is 3.74. The lowest BCUT2D eigenvalue weighted by Gasteiger charge is -2.26. The molecule has 0 saturated carbocycles. The zero-order chi connectivity index (χ0) is 14.8. The van der Waals surface area contributed by atoms with Crippen LogP contribution in [0.3, 0.4) is 0 Å². The fraction of sp³-hybridized carbons (Fsp3) is 0.625. The van der Waals surface area contributed by atoms with E-state index in [1.54, 1.807) is 12.5 Å². The van der Waals surface area contributed by atoms with Gasteiger partial charge in [0.1, 0.15) is 12.1 Å². The lowest BCUT2D eigenvalue weighted by atomic mass is 9.96. The van der Waals surface area contributed by atoms with Crippen LogP contribution in [-0.2, 0) is 12.8 Å². The molecule has 1 aliphatic carbocycles. The summed E-state index contributed by atoms with van der Waals surface area (Å²) in [6.45, 7) is 2.11. The highest BCUT2D eigenvalue weighted by atomic mass is 15.4. The van der Waals surface area contributed by atoms with Crippen LogP contribution in [0.2, 0.25) is 0 Å². The Balaban J connectivity index is 1.54. The molecule has 0 bridgehead atoms. The Morgan fingerprint density at radius 1 is 1.00 bits per heavy atom. The molecule has 0 aromatic carbocycles. The zero-order valence-electron chi connectivity index (χ0n) is 12.9. The molecular weight excluding hydrogens is 276 g/mol. The van der Waals surface area contributed by atoms with Gasteiger partial charge in [0.2, 0.25) is 0 Å². The number of hydrogen-bond acceptors (Lipinski definition) is 5. The Hall–Kier alpha value is -1.98. The average Bonchev–Trinajstić information content (AvgIpc) is 2.99. The van der Waals surface area contributed by atoms with E-state index < -0.39 is 0 Å². The average molecular weight is 298 g/mol. The smallest absolute Gasteiger partial charge is 0.135 e. The van der Waals surface area contributed by atoms with Crippen LogP contribution in [0.25, 0.3) is 0 Å². The second-order valence-electron chi connectivity index (χ2n) is 6.28. The lowest BCUT2D eigenvalue weighted by Crippen LogP contribution is -2.28. The van der Waals surface area contributed by atoms with Crippen LogP contribution >= 0.6 is 0 Å².